The summed E-state index contributed by atoms with van der Waals surface area (Å²) in [6, 6.07) is 5.29. The van der Waals surface area contributed by atoms with Crippen LogP contribution in [-0.4, -0.2) is 15.0 Å². The van der Waals surface area contributed by atoms with Crippen LogP contribution in [0.15, 0.2) is 22.7 Å². The summed E-state index contributed by atoms with van der Waals surface area (Å²) in [4.78, 5) is 0. The van der Waals surface area contributed by atoms with Crippen LogP contribution in [0, 0.1) is 0 Å². The van der Waals surface area contributed by atoms with Gasteiger partial charge < -0.3 is 4.74 Å². The van der Waals surface area contributed by atoms with Crippen molar-refractivity contribution < 1.29 is 13.2 Å². The molecule has 1 atom stereocenters. The van der Waals surface area contributed by atoms with E-state index < -0.39 is 14.3 Å². The zero-order chi connectivity index (χ0) is 11.1. The summed E-state index contributed by atoms with van der Waals surface area (Å²) in [6.45, 7) is 0.380. The van der Waals surface area contributed by atoms with Gasteiger partial charge in [0.2, 0.25) is 9.05 Å². The third-order valence-corrected chi connectivity index (χ3v) is 4.60. The normalized spacial score (nSPS) is 20.5. The van der Waals surface area contributed by atoms with Gasteiger partial charge >= 0.3 is 0 Å². The number of rotatable bonds is 1. The van der Waals surface area contributed by atoms with Crippen LogP contribution in [0.3, 0.4) is 0 Å². The van der Waals surface area contributed by atoms with Gasteiger partial charge in [-0.2, -0.15) is 0 Å². The maximum Gasteiger partial charge on any atom is 0.239 e. The molecule has 0 spiro atoms. The quantitative estimate of drug-likeness (QED) is 0.749. The van der Waals surface area contributed by atoms with Crippen LogP contribution in [-0.2, 0) is 9.05 Å². The fraction of sp³-hybridized carbons (Fsp3) is 0.333. The van der Waals surface area contributed by atoms with E-state index in [9.17, 15) is 8.42 Å². The smallest absolute Gasteiger partial charge is 0.239 e. The van der Waals surface area contributed by atoms with E-state index >= 15 is 0 Å². The van der Waals surface area contributed by atoms with Crippen LogP contribution in [0.4, 0.5) is 0 Å². The lowest BCUT2D eigenvalue weighted by Crippen LogP contribution is -2.18. The predicted molar refractivity (Wildman–Crippen MR) is 61.8 cm³/mol. The molecule has 1 aliphatic heterocycles. The van der Waals surface area contributed by atoms with E-state index in [1.807, 2.05) is 6.07 Å². The van der Waals surface area contributed by atoms with E-state index in [4.69, 9.17) is 15.4 Å². The summed E-state index contributed by atoms with van der Waals surface area (Å²) in [7, 11) is 1.81. The van der Waals surface area contributed by atoms with Gasteiger partial charge in [-0.3, -0.25) is 0 Å². The van der Waals surface area contributed by atoms with Crippen LogP contribution in [0.1, 0.15) is 17.2 Å². The molecule has 6 heteroatoms. The fourth-order valence-corrected chi connectivity index (χ4v) is 3.43. The Kier molecular flexibility index (Phi) is 2.96. The van der Waals surface area contributed by atoms with Gasteiger partial charge in [0.25, 0.3) is 0 Å². The maximum absolute atomic E-state index is 11.4. The van der Waals surface area contributed by atoms with Gasteiger partial charge in [-0.15, -0.1) is 0 Å². The van der Waals surface area contributed by atoms with E-state index in [0.717, 1.165) is 4.47 Å². The summed E-state index contributed by atoms with van der Waals surface area (Å²) in [5, 5.41) is -0.666. The van der Waals surface area contributed by atoms with Gasteiger partial charge in [0.1, 0.15) is 11.0 Å². The molecule has 0 radical (unpaired) electrons. The molecular weight excluding hydrogens is 304 g/mol. The lowest BCUT2D eigenvalue weighted by molar-refractivity contribution is 0.284. The van der Waals surface area contributed by atoms with Crippen molar-refractivity contribution in [3.63, 3.8) is 0 Å². The van der Waals surface area contributed by atoms with Crippen molar-refractivity contribution in [2.75, 3.05) is 6.61 Å². The van der Waals surface area contributed by atoms with Crippen molar-refractivity contribution in [3.8, 4) is 5.75 Å². The van der Waals surface area contributed by atoms with Crippen molar-refractivity contribution >= 4 is 35.7 Å². The molecule has 1 aliphatic rings. The molecule has 2 rings (SSSR count). The predicted octanol–water partition coefficient (Wildman–Crippen LogP) is 2.84. The zero-order valence-corrected chi connectivity index (χ0v) is 10.8. The largest absolute Gasteiger partial charge is 0.493 e. The van der Waals surface area contributed by atoms with E-state index in [2.05, 4.69) is 15.9 Å². The summed E-state index contributed by atoms with van der Waals surface area (Å²) < 4.78 is 28.9. The Labute approximate surface area is 101 Å². The molecule has 1 aromatic carbocycles. The number of hydrogen-bond donors (Lipinski definition) is 0. The minimum atomic E-state index is -3.58. The standard InChI is InChI=1S/C9H8BrClO3S/c10-6-1-2-8-7(5-6)9(3-4-14-8)15(11,12)13/h1-2,5,9H,3-4H2/t9-/m0/s1. The summed E-state index contributed by atoms with van der Waals surface area (Å²) in [6.07, 6.45) is 0.398. The second-order valence-electron chi connectivity index (χ2n) is 3.28. The highest BCUT2D eigenvalue weighted by Crippen LogP contribution is 2.39. The molecule has 1 heterocycles. The number of benzene rings is 1. The highest BCUT2D eigenvalue weighted by Gasteiger charge is 2.31. The van der Waals surface area contributed by atoms with Gasteiger partial charge in [-0.25, -0.2) is 8.42 Å². The second kappa shape index (κ2) is 3.96. The Morgan fingerprint density at radius 2 is 2.20 bits per heavy atom. The highest BCUT2D eigenvalue weighted by atomic mass is 79.9. The van der Waals surface area contributed by atoms with Crippen LogP contribution in [0.25, 0.3) is 0 Å². The summed E-state index contributed by atoms with van der Waals surface area (Å²) >= 11 is 3.29. The van der Waals surface area contributed by atoms with Crippen LogP contribution < -0.4 is 4.74 Å². The molecule has 0 aromatic heterocycles. The molecule has 0 fully saturated rings. The van der Waals surface area contributed by atoms with E-state index in [1.165, 1.54) is 0 Å². The maximum atomic E-state index is 11.4. The lowest BCUT2D eigenvalue weighted by atomic mass is 10.1. The van der Waals surface area contributed by atoms with Crippen molar-refractivity contribution in [2.24, 2.45) is 0 Å². The Morgan fingerprint density at radius 1 is 1.47 bits per heavy atom. The average molecular weight is 312 g/mol. The van der Waals surface area contributed by atoms with Crippen LogP contribution in [0.2, 0.25) is 0 Å². The van der Waals surface area contributed by atoms with Crippen LogP contribution in [0.5, 0.6) is 5.75 Å². The molecular formula is C9H8BrClO3S. The summed E-state index contributed by atoms with van der Waals surface area (Å²) in [5.41, 5.74) is 0.630. The molecule has 1 aromatic rings. The van der Waals surface area contributed by atoms with Crippen molar-refractivity contribution in [1.29, 1.82) is 0 Å². The van der Waals surface area contributed by atoms with Crippen molar-refractivity contribution in [2.45, 2.75) is 11.7 Å². The number of halogens is 2. The molecule has 0 N–H and O–H groups in total. The molecule has 15 heavy (non-hydrogen) atoms. The molecule has 0 bridgehead atoms. The lowest BCUT2D eigenvalue weighted by Gasteiger charge is -2.23. The molecule has 0 unspecified atom stereocenters. The number of hydrogen-bond acceptors (Lipinski definition) is 3. The Balaban J connectivity index is 2.55. The van der Waals surface area contributed by atoms with E-state index in [0.29, 0.717) is 24.3 Å². The topological polar surface area (TPSA) is 43.4 Å². The average Bonchev–Trinajstić information content (AvgIpc) is 2.15. The first-order valence-corrected chi connectivity index (χ1v) is 7.51. The number of fused-ring (bicyclic) bond motifs is 1. The van der Waals surface area contributed by atoms with Gasteiger partial charge in [0, 0.05) is 27.1 Å². The third kappa shape index (κ3) is 2.29. The van der Waals surface area contributed by atoms with Gasteiger partial charge in [0.15, 0.2) is 0 Å². The summed E-state index contributed by atoms with van der Waals surface area (Å²) in [5.74, 6) is 0.596. The first kappa shape index (κ1) is 11.2. The number of ether oxygens (including phenoxy) is 1. The third-order valence-electron chi connectivity index (χ3n) is 2.30. The Bertz CT molecular complexity index is 486. The van der Waals surface area contributed by atoms with Crippen molar-refractivity contribution in [1.82, 2.24) is 0 Å². The van der Waals surface area contributed by atoms with E-state index in [1.54, 1.807) is 12.1 Å². The molecule has 0 saturated heterocycles. The highest BCUT2D eigenvalue weighted by molar-refractivity contribution is 9.10. The van der Waals surface area contributed by atoms with Gasteiger partial charge in [0.05, 0.1) is 6.61 Å². The molecule has 0 aliphatic carbocycles. The molecule has 3 nitrogen and oxygen atoms in total. The SMILES string of the molecule is O=S(=O)(Cl)[C@H]1CCOc2ccc(Br)cc21. The van der Waals surface area contributed by atoms with E-state index in [-0.39, 0.29) is 0 Å². The molecule has 0 amide bonds. The van der Waals surface area contributed by atoms with Crippen LogP contribution >= 0.6 is 26.6 Å². The minimum Gasteiger partial charge on any atom is -0.493 e. The molecule has 0 saturated carbocycles. The first-order valence-electron chi connectivity index (χ1n) is 4.34. The Morgan fingerprint density at radius 3 is 2.87 bits per heavy atom. The first-order chi connectivity index (χ1) is 6.98. The fourth-order valence-electron chi connectivity index (χ4n) is 1.63. The Hall–Kier alpha value is -0.260. The second-order valence-corrected chi connectivity index (χ2v) is 7.01. The van der Waals surface area contributed by atoms with Gasteiger partial charge in [-0.1, -0.05) is 15.9 Å². The van der Waals surface area contributed by atoms with Gasteiger partial charge in [-0.05, 0) is 18.2 Å². The monoisotopic (exact) mass is 310 g/mol. The zero-order valence-electron chi connectivity index (χ0n) is 7.61. The minimum absolute atomic E-state index is 0.380. The molecule has 82 valence electrons. The van der Waals surface area contributed by atoms with Crippen molar-refractivity contribution in [3.05, 3.63) is 28.2 Å².